The molecule has 0 aliphatic heterocycles. The van der Waals surface area contributed by atoms with Gasteiger partial charge in [-0.05, 0) is 36.4 Å². The molecule has 23 heavy (non-hydrogen) atoms. The number of carbonyl (C=O) groups excluding carboxylic acids is 1. The highest BCUT2D eigenvalue weighted by atomic mass is 79.9. The van der Waals surface area contributed by atoms with E-state index in [9.17, 15) is 4.79 Å². The quantitative estimate of drug-likeness (QED) is 0.740. The van der Waals surface area contributed by atoms with Crippen LogP contribution in [0.2, 0.25) is 0 Å². The van der Waals surface area contributed by atoms with Crippen LogP contribution < -0.4 is 10.1 Å². The van der Waals surface area contributed by atoms with Crippen molar-refractivity contribution in [2.45, 2.75) is 0 Å². The lowest BCUT2D eigenvalue weighted by molar-refractivity contribution is -0.118. The third-order valence-electron chi connectivity index (χ3n) is 2.88. The van der Waals surface area contributed by atoms with Gasteiger partial charge >= 0.3 is 6.01 Å². The summed E-state index contributed by atoms with van der Waals surface area (Å²) in [6, 6.07) is 16.5. The van der Waals surface area contributed by atoms with E-state index >= 15 is 0 Å². The van der Waals surface area contributed by atoms with Gasteiger partial charge in [-0.25, -0.2) is 0 Å². The smallest absolute Gasteiger partial charge is 0.322 e. The summed E-state index contributed by atoms with van der Waals surface area (Å²) in [7, 11) is 0. The van der Waals surface area contributed by atoms with Gasteiger partial charge in [-0.2, -0.15) is 0 Å². The molecule has 1 heterocycles. The fourth-order valence-electron chi connectivity index (χ4n) is 1.80. The number of carbonyl (C=O) groups is 1. The Morgan fingerprint density at radius 1 is 1.09 bits per heavy atom. The number of halogens is 1. The van der Waals surface area contributed by atoms with Crippen LogP contribution in [0.5, 0.6) is 5.75 Å². The van der Waals surface area contributed by atoms with Gasteiger partial charge in [0.25, 0.3) is 5.91 Å². The molecule has 0 saturated carbocycles. The van der Waals surface area contributed by atoms with E-state index in [4.69, 9.17) is 9.15 Å². The first-order chi connectivity index (χ1) is 11.2. The van der Waals surface area contributed by atoms with Crippen molar-refractivity contribution in [3.63, 3.8) is 0 Å². The van der Waals surface area contributed by atoms with E-state index in [0.29, 0.717) is 11.6 Å². The van der Waals surface area contributed by atoms with E-state index in [0.717, 1.165) is 10.0 Å². The zero-order chi connectivity index (χ0) is 16.1. The summed E-state index contributed by atoms with van der Waals surface area (Å²) in [4.78, 5) is 11.8. The Bertz CT molecular complexity index is 788. The van der Waals surface area contributed by atoms with Gasteiger partial charge in [0, 0.05) is 10.0 Å². The zero-order valence-corrected chi connectivity index (χ0v) is 13.5. The second-order valence-electron chi connectivity index (χ2n) is 4.57. The predicted molar refractivity (Wildman–Crippen MR) is 88.0 cm³/mol. The number of hydrogen-bond donors (Lipinski definition) is 1. The fourth-order valence-corrected chi connectivity index (χ4v) is 2.07. The normalized spacial score (nSPS) is 10.3. The maximum absolute atomic E-state index is 11.8. The van der Waals surface area contributed by atoms with Gasteiger partial charge in [-0.3, -0.25) is 10.1 Å². The Morgan fingerprint density at radius 2 is 1.83 bits per heavy atom. The molecule has 6 nitrogen and oxygen atoms in total. The molecule has 0 aliphatic rings. The highest BCUT2D eigenvalue weighted by Gasteiger charge is 2.11. The summed E-state index contributed by atoms with van der Waals surface area (Å²) in [5, 5.41) is 10.2. The lowest BCUT2D eigenvalue weighted by Crippen LogP contribution is -2.20. The van der Waals surface area contributed by atoms with Gasteiger partial charge in [0.1, 0.15) is 5.75 Å². The minimum atomic E-state index is -0.375. The molecule has 0 radical (unpaired) electrons. The highest BCUT2D eigenvalue weighted by Crippen LogP contribution is 2.21. The summed E-state index contributed by atoms with van der Waals surface area (Å²) in [5.74, 6) is 0.570. The molecule has 3 rings (SSSR count). The molecule has 0 aliphatic carbocycles. The van der Waals surface area contributed by atoms with Crippen molar-refractivity contribution < 1.29 is 13.9 Å². The van der Waals surface area contributed by atoms with Gasteiger partial charge in [0.2, 0.25) is 5.89 Å². The van der Waals surface area contributed by atoms with Gasteiger partial charge in [0.05, 0.1) is 0 Å². The molecule has 0 bridgehead atoms. The first-order valence-corrected chi connectivity index (χ1v) is 7.57. The van der Waals surface area contributed by atoms with Crippen molar-refractivity contribution in [1.29, 1.82) is 0 Å². The molecule has 3 aromatic rings. The number of benzene rings is 2. The van der Waals surface area contributed by atoms with E-state index in [2.05, 4.69) is 31.4 Å². The molecule has 0 saturated heterocycles. The lowest BCUT2D eigenvalue weighted by atomic mass is 10.2. The lowest BCUT2D eigenvalue weighted by Gasteiger charge is -2.04. The van der Waals surface area contributed by atoms with E-state index in [1.54, 1.807) is 12.1 Å². The first-order valence-electron chi connectivity index (χ1n) is 6.78. The van der Waals surface area contributed by atoms with E-state index < -0.39 is 0 Å². The first kappa shape index (κ1) is 15.2. The third kappa shape index (κ3) is 4.17. The van der Waals surface area contributed by atoms with Crippen molar-refractivity contribution in [2.24, 2.45) is 0 Å². The zero-order valence-electron chi connectivity index (χ0n) is 11.9. The van der Waals surface area contributed by atoms with Crippen LogP contribution in [0.15, 0.2) is 63.5 Å². The van der Waals surface area contributed by atoms with Crippen LogP contribution in [-0.2, 0) is 4.79 Å². The Hall–Kier alpha value is -2.67. The van der Waals surface area contributed by atoms with Crippen LogP contribution in [0.25, 0.3) is 11.5 Å². The van der Waals surface area contributed by atoms with E-state index in [1.165, 1.54) is 0 Å². The maximum atomic E-state index is 11.8. The number of ether oxygens (including phenoxy) is 1. The van der Waals surface area contributed by atoms with Crippen molar-refractivity contribution in [3.05, 3.63) is 59.1 Å². The third-order valence-corrected chi connectivity index (χ3v) is 3.40. The van der Waals surface area contributed by atoms with Gasteiger partial charge in [0.15, 0.2) is 6.61 Å². The SMILES string of the molecule is O=C(COc1ccccc1)Nc1nnc(-c2ccc(Br)cc2)o1. The molecule has 1 N–H and O–H groups in total. The van der Waals surface area contributed by atoms with Crippen LogP contribution in [-0.4, -0.2) is 22.7 Å². The molecule has 1 amide bonds. The standard InChI is InChI=1S/C16H12BrN3O3/c17-12-8-6-11(7-9-12)15-19-20-16(23-15)18-14(21)10-22-13-4-2-1-3-5-13/h1-9H,10H2,(H,18,20,21). The molecular formula is C16H12BrN3O3. The molecule has 116 valence electrons. The van der Waals surface area contributed by atoms with Gasteiger partial charge in [-0.1, -0.05) is 39.2 Å². The highest BCUT2D eigenvalue weighted by molar-refractivity contribution is 9.10. The number of anilines is 1. The molecule has 0 fully saturated rings. The molecule has 0 spiro atoms. The summed E-state index contributed by atoms with van der Waals surface area (Å²) in [6.45, 7) is -0.139. The van der Waals surface area contributed by atoms with Crippen LogP contribution >= 0.6 is 15.9 Å². The number of hydrogen-bond acceptors (Lipinski definition) is 5. The topological polar surface area (TPSA) is 77.2 Å². The number of nitrogens with zero attached hydrogens (tertiary/aromatic N) is 2. The summed E-state index contributed by atoms with van der Waals surface area (Å²) in [6.07, 6.45) is 0. The maximum Gasteiger partial charge on any atom is 0.322 e. The predicted octanol–water partition coefficient (Wildman–Crippen LogP) is 3.52. The average Bonchev–Trinajstić information content (AvgIpc) is 3.03. The van der Waals surface area contributed by atoms with Crippen LogP contribution in [0.4, 0.5) is 6.01 Å². The van der Waals surface area contributed by atoms with Crippen LogP contribution in [0, 0.1) is 0 Å². The van der Waals surface area contributed by atoms with Crippen molar-refractivity contribution in [1.82, 2.24) is 10.2 Å². The minimum Gasteiger partial charge on any atom is -0.484 e. The Labute approximate surface area is 140 Å². The number of aromatic nitrogens is 2. The average molecular weight is 374 g/mol. The summed E-state index contributed by atoms with van der Waals surface area (Å²) >= 11 is 3.35. The molecular weight excluding hydrogens is 362 g/mol. The van der Waals surface area contributed by atoms with Crippen molar-refractivity contribution >= 4 is 27.9 Å². The van der Waals surface area contributed by atoms with Gasteiger partial charge < -0.3 is 9.15 Å². The second kappa shape index (κ2) is 7.06. The van der Waals surface area contributed by atoms with Crippen LogP contribution in [0.1, 0.15) is 0 Å². The molecule has 0 unspecified atom stereocenters. The summed E-state index contributed by atoms with van der Waals surface area (Å²) < 4.78 is 11.7. The second-order valence-corrected chi connectivity index (χ2v) is 5.48. The monoisotopic (exact) mass is 373 g/mol. The molecule has 7 heteroatoms. The van der Waals surface area contributed by atoms with Crippen molar-refractivity contribution in [3.8, 4) is 17.2 Å². The number of para-hydroxylation sites is 1. The Kier molecular flexibility index (Phi) is 4.68. The van der Waals surface area contributed by atoms with Crippen LogP contribution in [0.3, 0.4) is 0 Å². The van der Waals surface area contributed by atoms with Gasteiger partial charge in [-0.15, -0.1) is 5.10 Å². The molecule has 0 atom stereocenters. The number of nitrogens with one attached hydrogen (secondary N) is 1. The number of rotatable bonds is 5. The Balaban J connectivity index is 1.58. The summed E-state index contributed by atoms with van der Waals surface area (Å²) in [5.41, 5.74) is 0.765. The van der Waals surface area contributed by atoms with Crippen molar-refractivity contribution in [2.75, 3.05) is 11.9 Å². The Morgan fingerprint density at radius 3 is 2.57 bits per heavy atom. The number of amides is 1. The van der Waals surface area contributed by atoms with E-state index in [1.807, 2.05) is 42.5 Å². The van der Waals surface area contributed by atoms with E-state index in [-0.39, 0.29) is 18.5 Å². The largest absolute Gasteiger partial charge is 0.484 e. The molecule has 1 aromatic heterocycles. The minimum absolute atomic E-state index is 0.0320. The fraction of sp³-hybridized carbons (Fsp3) is 0.0625. The molecule has 2 aromatic carbocycles.